The van der Waals surface area contributed by atoms with Crippen LogP contribution >= 0.6 is 11.8 Å². The standard InChI is InChI=1S/C28H25N5O2S/c1-19-10-12-20(13-11-19)26-21-6-2-3-7-22(21)27(31-30-26)33-16-14-32(15-17-33)25(34)18-36-28-29-23-8-4-5-9-24(23)35-28/h2-13H,14-18H2,1H3. The lowest BCUT2D eigenvalue weighted by Crippen LogP contribution is -2.49. The van der Waals surface area contributed by atoms with Crippen molar-refractivity contribution in [2.75, 3.05) is 36.8 Å². The zero-order valence-corrected chi connectivity index (χ0v) is 20.7. The highest BCUT2D eigenvalue weighted by molar-refractivity contribution is 7.99. The first-order chi connectivity index (χ1) is 17.7. The molecule has 0 atom stereocenters. The number of aryl methyl sites for hydroxylation is 1. The third kappa shape index (κ3) is 4.40. The fraction of sp³-hybridized carbons (Fsp3) is 0.214. The van der Waals surface area contributed by atoms with E-state index in [9.17, 15) is 4.79 Å². The Morgan fingerprint density at radius 3 is 2.39 bits per heavy atom. The van der Waals surface area contributed by atoms with Crippen LogP contribution in [-0.4, -0.2) is 57.9 Å². The lowest BCUT2D eigenvalue weighted by molar-refractivity contribution is -0.128. The fourth-order valence-corrected chi connectivity index (χ4v) is 5.28. The van der Waals surface area contributed by atoms with Gasteiger partial charge in [0.25, 0.3) is 5.22 Å². The van der Waals surface area contributed by atoms with E-state index in [4.69, 9.17) is 4.42 Å². The second kappa shape index (κ2) is 9.62. The van der Waals surface area contributed by atoms with Crippen LogP contribution in [0.1, 0.15) is 5.56 Å². The Kier molecular flexibility index (Phi) is 6.03. The summed E-state index contributed by atoms with van der Waals surface area (Å²) in [4.78, 5) is 21.4. The molecular weight excluding hydrogens is 470 g/mol. The highest BCUT2D eigenvalue weighted by atomic mass is 32.2. The normalized spacial score (nSPS) is 14.0. The minimum Gasteiger partial charge on any atom is -0.431 e. The SMILES string of the molecule is Cc1ccc(-c2nnc(N3CCN(C(=O)CSc4nc5ccccc5o4)CC3)c3ccccc23)cc1. The molecule has 8 heteroatoms. The Bertz CT molecular complexity index is 1510. The maximum absolute atomic E-state index is 12.9. The van der Waals surface area contributed by atoms with Crippen molar-refractivity contribution >= 4 is 45.4 Å². The molecule has 0 spiro atoms. The molecule has 0 bridgehead atoms. The van der Waals surface area contributed by atoms with E-state index in [1.165, 1.54) is 17.3 Å². The third-order valence-electron chi connectivity index (χ3n) is 6.52. The summed E-state index contributed by atoms with van der Waals surface area (Å²) >= 11 is 1.34. The van der Waals surface area contributed by atoms with E-state index in [0.29, 0.717) is 37.2 Å². The van der Waals surface area contributed by atoms with Gasteiger partial charge in [0.2, 0.25) is 5.91 Å². The number of hydrogen-bond acceptors (Lipinski definition) is 7. The first-order valence-electron chi connectivity index (χ1n) is 12.0. The number of anilines is 1. The van der Waals surface area contributed by atoms with Gasteiger partial charge in [0.1, 0.15) is 11.2 Å². The molecular formula is C28H25N5O2S. The summed E-state index contributed by atoms with van der Waals surface area (Å²) < 4.78 is 5.73. The number of oxazole rings is 1. The van der Waals surface area contributed by atoms with Crippen LogP contribution in [0.5, 0.6) is 0 Å². The summed E-state index contributed by atoms with van der Waals surface area (Å²) in [5.74, 6) is 1.27. The molecule has 3 aromatic carbocycles. The first-order valence-corrected chi connectivity index (χ1v) is 13.0. The number of carbonyl (C=O) groups excluding carboxylic acids is 1. The Balaban J connectivity index is 1.14. The molecule has 36 heavy (non-hydrogen) atoms. The minimum atomic E-state index is 0.0903. The Labute approximate surface area is 213 Å². The van der Waals surface area contributed by atoms with Crippen molar-refractivity contribution in [3.8, 4) is 11.3 Å². The summed E-state index contributed by atoms with van der Waals surface area (Å²) in [6, 6.07) is 24.3. The molecule has 0 aliphatic carbocycles. The van der Waals surface area contributed by atoms with Crippen molar-refractivity contribution in [1.29, 1.82) is 0 Å². The molecule has 0 radical (unpaired) electrons. The Morgan fingerprint density at radius 2 is 1.61 bits per heavy atom. The Hall–Kier alpha value is -3.91. The maximum atomic E-state index is 12.9. The number of aromatic nitrogens is 3. The fourth-order valence-electron chi connectivity index (χ4n) is 4.54. The Morgan fingerprint density at radius 1 is 0.889 bits per heavy atom. The predicted molar refractivity (Wildman–Crippen MR) is 143 cm³/mol. The zero-order chi connectivity index (χ0) is 24.5. The van der Waals surface area contributed by atoms with Gasteiger partial charge in [-0.1, -0.05) is 78.0 Å². The summed E-state index contributed by atoms with van der Waals surface area (Å²) in [5, 5.41) is 12.0. The van der Waals surface area contributed by atoms with Crippen LogP contribution in [0.2, 0.25) is 0 Å². The summed E-state index contributed by atoms with van der Waals surface area (Å²) in [6.07, 6.45) is 0. The molecule has 0 N–H and O–H groups in total. The highest BCUT2D eigenvalue weighted by Gasteiger charge is 2.24. The largest absolute Gasteiger partial charge is 0.431 e. The monoisotopic (exact) mass is 495 g/mol. The van der Waals surface area contributed by atoms with E-state index >= 15 is 0 Å². The second-order valence-electron chi connectivity index (χ2n) is 8.89. The van der Waals surface area contributed by atoms with Gasteiger partial charge >= 0.3 is 0 Å². The number of fused-ring (bicyclic) bond motifs is 2. The van der Waals surface area contributed by atoms with Crippen molar-refractivity contribution in [3.05, 3.63) is 78.4 Å². The van der Waals surface area contributed by atoms with E-state index in [2.05, 4.69) is 63.4 Å². The van der Waals surface area contributed by atoms with Gasteiger partial charge < -0.3 is 14.2 Å². The number of rotatable bonds is 5. The van der Waals surface area contributed by atoms with Gasteiger partial charge in [-0.2, -0.15) is 0 Å². The lowest BCUT2D eigenvalue weighted by Gasteiger charge is -2.35. The smallest absolute Gasteiger partial charge is 0.257 e. The molecule has 0 unspecified atom stereocenters. The van der Waals surface area contributed by atoms with Gasteiger partial charge in [-0.3, -0.25) is 4.79 Å². The lowest BCUT2D eigenvalue weighted by atomic mass is 10.0. The average molecular weight is 496 g/mol. The number of nitrogens with zero attached hydrogens (tertiary/aromatic N) is 5. The number of benzene rings is 3. The van der Waals surface area contributed by atoms with Crippen LogP contribution < -0.4 is 4.90 Å². The quantitative estimate of drug-likeness (QED) is 0.311. The maximum Gasteiger partial charge on any atom is 0.257 e. The number of piperazine rings is 1. The first kappa shape index (κ1) is 22.5. The van der Waals surface area contributed by atoms with Gasteiger partial charge in [0, 0.05) is 42.5 Å². The van der Waals surface area contributed by atoms with E-state index in [1.807, 2.05) is 41.3 Å². The van der Waals surface area contributed by atoms with Gasteiger partial charge in [-0.25, -0.2) is 4.98 Å². The molecule has 1 aliphatic rings. The van der Waals surface area contributed by atoms with Crippen LogP contribution in [0, 0.1) is 6.92 Å². The molecule has 7 nitrogen and oxygen atoms in total. The topological polar surface area (TPSA) is 75.4 Å². The summed E-state index contributed by atoms with van der Waals surface area (Å²) in [7, 11) is 0. The summed E-state index contributed by atoms with van der Waals surface area (Å²) in [6.45, 7) is 4.78. The minimum absolute atomic E-state index is 0.0903. The van der Waals surface area contributed by atoms with Crippen LogP contribution in [0.4, 0.5) is 5.82 Å². The molecule has 6 rings (SSSR count). The van der Waals surface area contributed by atoms with Crippen molar-refractivity contribution in [2.24, 2.45) is 0 Å². The van der Waals surface area contributed by atoms with Crippen LogP contribution in [0.3, 0.4) is 0 Å². The van der Waals surface area contributed by atoms with Crippen molar-refractivity contribution in [1.82, 2.24) is 20.1 Å². The van der Waals surface area contributed by atoms with E-state index in [0.717, 1.165) is 38.9 Å². The second-order valence-corrected chi connectivity index (χ2v) is 9.81. The molecule has 1 saturated heterocycles. The van der Waals surface area contributed by atoms with Gasteiger partial charge in [-0.15, -0.1) is 10.2 Å². The van der Waals surface area contributed by atoms with Crippen LogP contribution in [0.25, 0.3) is 33.1 Å². The van der Waals surface area contributed by atoms with Crippen LogP contribution in [-0.2, 0) is 4.79 Å². The molecule has 180 valence electrons. The highest BCUT2D eigenvalue weighted by Crippen LogP contribution is 2.32. The zero-order valence-electron chi connectivity index (χ0n) is 19.9. The van der Waals surface area contributed by atoms with Crippen LogP contribution in [0.15, 0.2) is 82.4 Å². The third-order valence-corrected chi connectivity index (χ3v) is 7.33. The molecule has 0 saturated carbocycles. The van der Waals surface area contributed by atoms with Crippen molar-refractivity contribution in [3.63, 3.8) is 0 Å². The number of para-hydroxylation sites is 2. The van der Waals surface area contributed by atoms with Crippen molar-refractivity contribution in [2.45, 2.75) is 12.1 Å². The van der Waals surface area contributed by atoms with Gasteiger partial charge in [0.15, 0.2) is 11.4 Å². The van der Waals surface area contributed by atoms with Gasteiger partial charge in [-0.05, 0) is 19.1 Å². The molecule has 1 amide bonds. The summed E-state index contributed by atoms with van der Waals surface area (Å²) in [5.41, 5.74) is 4.71. The molecule has 1 aliphatic heterocycles. The number of amides is 1. The molecule has 2 aromatic heterocycles. The predicted octanol–water partition coefficient (Wildman–Crippen LogP) is 5.19. The van der Waals surface area contributed by atoms with E-state index in [1.54, 1.807) is 0 Å². The van der Waals surface area contributed by atoms with E-state index < -0.39 is 0 Å². The van der Waals surface area contributed by atoms with Crippen molar-refractivity contribution < 1.29 is 9.21 Å². The number of thioether (sulfide) groups is 1. The number of hydrogen-bond donors (Lipinski definition) is 0. The van der Waals surface area contributed by atoms with E-state index in [-0.39, 0.29) is 5.91 Å². The van der Waals surface area contributed by atoms with Gasteiger partial charge in [0.05, 0.1) is 5.75 Å². The molecule has 3 heterocycles. The molecule has 5 aromatic rings. The average Bonchev–Trinajstić information content (AvgIpc) is 3.35. The number of carbonyl (C=O) groups is 1. The molecule has 1 fully saturated rings.